The minimum absolute atomic E-state index is 0.102. The van der Waals surface area contributed by atoms with E-state index in [1.807, 2.05) is 0 Å². The van der Waals surface area contributed by atoms with Gasteiger partial charge in [0.25, 0.3) is 0 Å². The number of nitrogens with zero attached hydrogens (tertiary/aromatic N) is 3. The average Bonchev–Trinajstić information content (AvgIpc) is 2.61. The SMILES string of the molecule is c1cnc(OCC[C@H]2CCOC3(C2)CN(C2CCOCC2)C3)nc1. The quantitative estimate of drug-likeness (QED) is 0.820. The number of hydrogen-bond donors (Lipinski definition) is 0. The van der Waals surface area contributed by atoms with Gasteiger partial charge in [0.05, 0.1) is 12.2 Å². The van der Waals surface area contributed by atoms with Crippen LogP contribution in [0.4, 0.5) is 0 Å². The van der Waals surface area contributed by atoms with Gasteiger partial charge in [-0.05, 0) is 44.1 Å². The van der Waals surface area contributed by atoms with Crippen molar-refractivity contribution in [2.24, 2.45) is 5.92 Å². The second-order valence-corrected chi connectivity index (χ2v) is 7.31. The molecule has 1 atom stereocenters. The van der Waals surface area contributed by atoms with E-state index in [2.05, 4.69) is 14.9 Å². The molecule has 6 heteroatoms. The Morgan fingerprint density at radius 3 is 2.71 bits per heavy atom. The molecular formula is C18H27N3O3. The minimum atomic E-state index is 0.102. The van der Waals surface area contributed by atoms with Gasteiger partial charge in [0.15, 0.2) is 0 Å². The van der Waals surface area contributed by atoms with Crippen LogP contribution in [-0.2, 0) is 9.47 Å². The Balaban J connectivity index is 1.21. The third kappa shape index (κ3) is 3.71. The Labute approximate surface area is 143 Å². The lowest BCUT2D eigenvalue weighted by Gasteiger charge is -2.56. The van der Waals surface area contributed by atoms with Crippen LogP contribution in [0.15, 0.2) is 18.5 Å². The Bertz CT molecular complexity index is 516. The standard InChI is InChI=1S/C18H27N3O3/c1-6-19-17(20-7-1)23-10-2-15-3-11-24-18(12-15)13-21(14-18)16-4-8-22-9-5-16/h1,6-7,15-16H,2-5,8-14H2/t15-/m0/s1. The third-order valence-corrected chi connectivity index (χ3v) is 5.58. The van der Waals surface area contributed by atoms with Crippen LogP contribution in [0.3, 0.4) is 0 Å². The molecule has 1 spiro atoms. The summed E-state index contributed by atoms with van der Waals surface area (Å²) in [5.41, 5.74) is 0.102. The predicted molar refractivity (Wildman–Crippen MR) is 89.0 cm³/mol. The van der Waals surface area contributed by atoms with E-state index in [1.165, 1.54) is 12.8 Å². The van der Waals surface area contributed by atoms with E-state index in [1.54, 1.807) is 18.5 Å². The summed E-state index contributed by atoms with van der Waals surface area (Å²) in [6.45, 7) is 5.59. The monoisotopic (exact) mass is 333 g/mol. The number of likely N-dealkylation sites (tertiary alicyclic amines) is 1. The van der Waals surface area contributed by atoms with Crippen molar-refractivity contribution < 1.29 is 14.2 Å². The van der Waals surface area contributed by atoms with Crippen molar-refractivity contribution in [3.63, 3.8) is 0 Å². The zero-order valence-electron chi connectivity index (χ0n) is 14.2. The summed E-state index contributed by atoms with van der Waals surface area (Å²) < 4.78 is 17.3. The summed E-state index contributed by atoms with van der Waals surface area (Å²) in [7, 11) is 0. The first-order valence-electron chi connectivity index (χ1n) is 9.19. The summed E-state index contributed by atoms with van der Waals surface area (Å²) in [6.07, 6.45) is 9.12. The zero-order chi connectivity index (χ0) is 16.2. The maximum absolute atomic E-state index is 6.18. The molecule has 24 heavy (non-hydrogen) atoms. The number of ether oxygens (including phenoxy) is 3. The van der Waals surface area contributed by atoms with E-state index in [9.17, 15) is 0 Å². The molecule has 1 aromatic heterocycles. The molecule has 3 saturated heterocycles. The molecule has 0 aliphatic carbocycles. The van der Waals surface area contributed by atoms with Crippen molar-refractivity contribution in [1.29, 1.82) is 0 Å². The number of rotatable bonds is 5. The molecule has 3 aliphatic heterocycles. The highest BCUT2D eigenvalue weighted by molar-refractivity contribution is 5.03. The van der Waals surface area contributed by atoms with Crippen molar-refractivity contribution >= 4 is 0 Å². The number of hydrogen-bond acceptors (Lipinski definition) is 6. The van der Waals surface area contributed by atoms with Gasteiger partial charge in [-0.3, -0.25) is 4.90 Å². The first-order valence-corrected chi connectivity index (χ1v) is 9.19. The molecule has 3 fully saturated rings. The highest BCUT2D eigenvalue weighted by Gasteiger charge is 2.49. The van der Waals surface area contributed by atoms with Crippen molar-refractivity contribution in [1.82, 2.24) is 14.9 Å². The fraction of sp³-hybridized carbons (Fsp3) is 0.778. The van der Waals surface area contributed by atoms with Gasteiger partial charge >= 0.3 is 6.01 Å². The molecule has 6 nitrogen and oxygen atoms in total. The van der Waals surface area contributed by atoms with Gasteiger partial charge in [-0.1, -0.05) is 0 Å². The largest absolute Gasteiger partial charge is 0.463 e. The fourth-order valence-electron chi connectivity index (χ4n) is 4.28. The number of aromatic nitrogens is 2. The van der Waals surface area contributed by atoms with Crippen LogP contribution in [0.2, 0.25) is 0 Å². The molecule has 132 valence electrons. The highest BCUT2D eigenvalue weighted by Crippen LogP contribution is 2.40. The van der Waals surface area contributed by atoms with Crippen molar-refractivity contribution in [3.8, 4) is 6.01 Å². The maximum Gasteiger partial charge on any atom is 0.316 e. The Hall–Kier alpha value is -1.24. The van der Waals surface area contributed by atoms with Crippen LogP contribution in [-0.4, -0.2) is 66.0 Å². The van der Waals surface area contributed by atoms with Gasteiger partial charge < -0.3 is 14.2 Å². The molecule has 0 unspecified atom stereocenters. The molecule has 0 amide bonds. The lowest BCUT2D eigenvalue weighted by molar-refractivity contribution is -0.195. The van der Waals surface area contributed by atoms with Crippen LogP contribution in [0.25, 0.3) is 0 Å². The Kier molecular flexibility index (Phi) is 4.96. The predicted octanol–water partition coefficient (Wildman–Crippen LogP) is 1.91. The molecule has 4 rings (SSSR count). The molecule has 0 radical (unpaired) electrons. The fourth-order valence-corrected chi connectivity index (χ4v) is 4.28. The van der Waals surface area contributed by atoms with Gasteiger partial charge in [-0.2, -0.15) is 0 Å². The summed E-state index contributed by atoms with van der Waals surface area (Å²) >= 11 is 0. The van der Waals surface area contributed by atoms with E-state index >= 15 is 0 Å². The topological polar surface area (TPSA) is 56.7 Å². The Morgan fingerprint density at radius 2 is 1.92 bits per heavy atom. The second-order valence-electron chi connectivity index (χ2n) is 7.31. The smallest absolute Gasteiger partial charge is 0.316 e. The Morgan fingerprint density at radius 1 is 1.12 bits per heavy atom. The van der Waals surface area contributed by atoms with E-state index < -0.39 is 0 Å². The van der Waals surface area contributed by atoms with Crippen LogP contribution in [0.1, 0.15) is 32.1 Å². The lowest BCUT2D eigenvalue weighted by Crippen LogP contribution is -2.68. The molecule has 3 aliphatic rings. The maximum atomic E-state index is 6.18. The van der Waals surface area contributed by atoms with E-state index in [4.69, 9.17) is 14.2 Å². The summed E-state index contributed by atoms with van der Waals surface area (Å²) in [5.74, 6) is 0.680. The first kappa shape index (κ1) is 16.2. The van der Waals surface area contributed by atoms with Crippen molar-refractivity contribution in [2.45, 2.75) is 43.7 Å². The summed E-state index contributed by atoms with van der Waals surface area (Å²) in [5, 5.41) is 0. The summed E-state index contributed by atoms with van der Waals surface area (Å²) in [4.78, 5) is 10.8. The minimum Gasteiger partial charge on any atom is -0.463 e. The molecule has 4 heterocycles. The molecule has 0 bridgehead atoms. The first-order chi connectivity index (χ1) is 11.8. The molecular weight excluding hydrogens is 306 g/mol. The zero-order valence-corrected chi connectivity index (χ0v) is 14.2. The van der Waals surface area contributed by atoms with Crippen molar-refractivity contribution in [3.05, 3.63) is 18.5 Å². The van der Waals surface area contributed by atoms with Crippen LogP contribution >= 0.6 is 0 Å². The van der Waals surface area contributed by atoms with Crippen LogP contribution in [0, 0.1) is 5.92 Å². The van der Waals surface area contributed by atoms with E-state index in [0.29, 0.717) is 24.6 Å². The van der Waals surface area contributed by atoms with Gasteiger partial charge in [0, 0.05) is 51.3 Å². The van der Waals surface area contributed by atoms with Gasteiger partial charge in [0.1, 0.15) is 0 Å². The normalized spacial score (nSPS) is 27.8. The van der Waals surface area contributed by atoms with Crippen molar-refractivity contribution in [2.75, 3.05) is 39.5 Å². The van der Waals surface area contributed by atoms with Crippen LogP contribution in [0.5, 0.6) is 6.01 Å². The molecule has 0 aromatic carbocycles. The molecule has 0 N–H and O–H groups in total. The summed E-state index contributed by atoms with van der Waals surface area (Å²) in [6, 6.07) is 2.98. The third-order valence-electron chi connectivity index (χ3n) is 5.58. The van der Waals surface area contributed by atoms with E-state index in [-0.39, 0.29) is 5.60 Å². The molecule has 0 saturated carbocycles. The van der Waals surface area contributed by atoms with Gasteiger partial charge in [0.2, 0.25) is 0 Å². The van der Waals surface area contributed by atoms with Gasteiger partial charge in [-0.25, -0.2) is 9.97 Å². The lowest BCUT2D eigenvalue weighted by atomic mass is 9.78. The van der Waals surface area contributed by atoms with Crippen LogP contribution < -0.4 is 4.74 Å². The second kappa shape index (κ2) is 7.33. The highest BCUT2D eigenvalue weighted by atomic mass is 16.5. The van der Waals surface area contributed by atoms with E-state index in [0.717, 1.165) is 52.2 Å². The molecule has 1 aromatic rings. The average molecular weight is 333 g/mol. The van der Waals surface area contributed by atoms with Gasteiger partial charge in [-0.15, -0.1) is 0 Å².